The highest BCUT2D eigenvalue weighted by Crippen LogP contribution is 2.60. The monoisotopic (exact) mass is 444 g/mol. The minimum absolute atomic E-state index is 0.440. The minimum atomic E-state index is 0.440. The average molecular weight is 445 g/mol. The number of oxime groups is 1. The lowest BCUT2D eigenvalue weighted by Gasteiger charge is -2.33. The molecule has 0 heterocycles. The second-order valence-corrected chi connectivity index (χ2v) is 9.49. The van der Waals surface area contributed by atoms with E-state index >= 15 is 0 Å². The summed E-state index contributed by atoms with van der Waals surface area (Å²) in [5.74, 6) is 5.54. The molecule has 3 aliphatic carbocycles. The van der Waals surface area contributed by atoms with E-state index in [4.69, 9.17) is 24.2 Å². The zero-order chi connectivity index (χ0) is 22.7. The highest BCUT2D eigenvalue weighted by atomic mass is 16.6. The number of hydrogen-bond donors (Lipinski definition) is 0. The van der Waals surface area contributed by atoms with Gasteiger partial charge in [0.05, 0.1) is 27.0 Å². The molecule has 6 nitrogen and oxygen atoms in total. The average Bonchev–Trinajstić information content (AvgIpc) is 3.51. The normalized spacial score (nSPS) is 29.6. The number of rotatable bonds is 11. The van der Waals surface area contributed by atoms with Crippen molar-refractivity contribution < 1.29 is 19.0 Å². The van der Waals surface area contributed by atoms with Crippen LogP contribution in [0.2, 0.25) is 0 Å². The topological polar surface area (TPSA) is 52.5 Å². The number of likely N-dealkylation sites (N-methyl/N-ethyl adjacent to an activating group) is 1. The first-order chi connectivity index (χ1) is 15.6. The summed E-state index contributed by atoms with van der Waals surface area (Å²) in [7, 11) is 5.01. The molecule has 6 heteroatoms. The molecule has 0 N–H and O–H groups in total. The zero-order valence-electron chi connectivity index (χ0n) is 20.4. The summed E-state index contributed by atoms with van der Waals surface area (Å²) >= 11 is 0. The van der Waals surface area contributed by atoms with E-state index in [2.05, 4.69) is 30.9 Å². The molecule has 1 aromatic rings. The molecule has 32 heavy (non-hydrogen) atoms. The number of benzene rings is 1. The van der Waals surface area contributed by atoms with E-state index in [9.17, 15) is 0 Å². The van der Waals surface area contributed by atoms with Crippen LogP contribution in [0.5, 0.6) is 17.2 Å². The van der Waals surface area contributed by atoms with Crippen LogP contribution in [0.4, 0.5) is 0 Å². The summed E-state index contributed by atoms with van der Waals surface area (Å²) in [6.45, 7) is 8.08. The van der Waals surface area contributed by atoms with Crippen molar-refractivity contribution in [1.29, 1.82) is 0 Å². The van der Waals surface area contributed by atoms with Crippen LogP contribution in [0.15, 0.2) is 17.3 Å². The van der Waals surface area contributed by atoms with Gasteiger partial charge in [0.25, 0.3) is 0 Å². The fourth-order valence-corrected chi connectivity index (χ4v) is 6.72. The predicted octanol–water partition coefficient (Wildman–Crippen LogP) is 4.65. The second kappa shape index (κ2) is 10.3. The Morgan fingerprint density at radius 2 is 1.62 bits per heavy atom. The molecule has 2 bridgehead atoms. The standard InChI is InChI=1S/C26H40N2O4/c1-6-28(7-2)11-12-32-27-25-21(20-16-22(25)19-10-8-9-18(19)20)13-17-14-23(29-3)26(31-5)24(15-17)30-4/h14-15,18-22H,6-13,16H2,1-5H3/b27-25+/t18-,19+,20-,21-,22+/m1/s1. The van der Waals surface area contributed by atoms with Crippen molar-refractivity contribution >= 4 is 5.71 Å². The molecule has 3 aliphatic rings. The molecule has 4 rings (SSSR count). The number of ether oxygens (including phenoxy) is 3. The molecule has 1 aromatic carbocycles. The van der Waals surface area contributed by atoms with Crippen molar-refractivity contribution in [3.8, 4) is 17.2 Å². The Hall–Kier alpha value is -1.95. The number of nitrogens with zero attached hydrogens (tertiary/aromatic N) is 2. The van der Waals surface area contributed by atoms with Gasteiger partial charge in [-0.2, -0.15) is 0 Å². The fraction of sp³-hybridized carbons (Fsp3) is 0.731. The van der Waals surface area contributed by atoms with E-state index in [1.165, 1.54) is 37.0 Å². The maximum atomic E-state index is 5.92. The summed E-state index contributed by atoms with van der Waals surface area (Å²) < 4.78 is 16.7. The first-order valence-corrected chi connectivity index (χ1v) is 12.4. The summed E-state index contributed by atoms with van der Waals surface area (Å²) in [5, 5.41) is 4.81. The van der Waals surface area contributed by atoms with Crippen LogP contribution in [0.25, 0.3) is 0 Å². The van der Waals surface area contributed by atoms with Gasteiger partial charge in [-0.25, -0.2) is 0 Å². The summed E-state index contributed by atoms with van der Waals surface area (Å²) in [5.41, 5.74) is 2.52. The third-order valence-electron chi connectivity index (χ3n) is 8.24. The van der Waals surface area contributed by atoms with E-state index in [0.717, 1.165) is 55.3 Å². The third kappa shape index (κ3) is 4.30. The van der Waals surface area contributed by atoms with Crippen LogP contribution in [0.3, 0.4) is 0 Å². The van der Waals surface area contributed by atoms with Gasteiger partial charge in [-0.15, -0.1) is 0 Å². The van der Waals surface area contributed by atoms with Gasteiger partial charge in [0.15, 0.2) is 11.5 Å². The van der Waals surface area contributed by atoms with E-state index in [1.807, 2.05) is 0 Å². The second-order valence-electron chi connectivity index (χ2n) is 9.49. The molecule has 178 valence electrons. The maximum absolute atomic E-state index is 5.92. The molecule has 0 spiro atoms. The number of methoxy groups -OCH3 is 3. The highest BCUT2D eigenvalue weighted by molar-refractivity contribution is 5.92. The molecule has 3 saturated carbocycles. The Balaban J connectivity index is 1.55. The summed E-state index contributed by atoms with van der Waals surface area (Å²) in [4.78, 5) is 8.30. The van der Waals surface area contributed by atoms with Gasteiger partial charge in [-0.05, 0) is 74.2 Å². The van der Waals surface area contributed by atoms with Crippen LogP contribution in [-0.2, 0) is 11.3 Å². The Bertz CT molecular complexity index is 782. The lowest BCUT2D eigenvalue weighted by atomic mass is 9.72. The van der Waals surface area contributed by atoms with E-state index in [1.54, 1.807) is 21.3 Å². The van der Waals surface area contributed by atoms with Crippen LogP contribution in [-0.4, -0.2) is 58.2 Å². The quantitative estimate of drug-likeness (QED) is 0.367. The van der Waals surface area contributed by atoms with Crippen LogP contribution in [0, 0.1) is 29.6 Å². The first kappa shape index (κ1) is 23.2. The molecular formula is C26H40N2O4. The maximum Gasteiger partial charge on any atom is 0.203 e. The van der Waals surface area contributed by atoms with Crippen LogP contribution in [0.1, 0.15) is 45.1 Å². The van der Waals surface area contributed by atoms with Gasteiger partial charge in [0.1, 0.15) is 6.61 Å². The fourth-order valence-electron chi connectivity index (χ4n) is 6.72. The lowest BCUT2D eigenvalue weighted by molar-refractivity contribution is 0.110. The Morgan fingerprint density at radius 1 is 0.938 bits per heavy atom. The molecule has 0 amide bonds. The van der Waals surface area contributed by atoms with Crippen molar-refractivity contribution in [2.24, 2.45) is 34.7 Å². The molecule has 0 radical (unpaired) electrons. The molecule has 5 atom stereocenters. The van der Waals surface area contributed by atoms with Crippen molar-refractivity contribution in [3.05, 3.63) is 17.7 Å². The molecule has 0 aromatic heterocycles. The number of fused-ring (bicyclic) bond motifs is 5. The summed E-state index contributed by atoms with van der Waals surface area (Å²) in [6, 6.07) is 4.19. The first-order valence-electron chi connectivity index (χ1n) is 12.4. The minimum Gasteiger partial charge on any atom is -0.493 e. The Labute approximate surface area is 193 Å². The van der Waals surface area contributed by atoms with E-state index in [0.29, 0.717) is 24.2 Å². The predicted molar refractivity (Wildman–Crippen MR) is 127 cm³/mol. The highest BCUT2D eigenvalue weighted by Gasteiger charge is 2.57. The van der Waals surface area contributed by atoms with Crippen LogP contribution >= 0.6 is 0 Å². The van der Waals surface area contributed by atoms with Crippen molar-refractivity contribution in [3.63, 3.8) is 0 Å². The van der Waals surface area contributed by atoms with Gasteiger partial charge in [-0.3, -0.25) is 0 Å². The van der Waals surface area contributed by atoms with Crippen molar-refractivity contribution in [2.45, 2.75) is 46.0 Å². The van der Waals surface area contributed by atoms with Gasteiger partial charge in [0, 0.05) is 18.4 Å². The number of hydrogen-bond acceptors (Lipinski definition) is 6. The molecular weight excluding hydrogens is 404 g/mol. The van der Waals surface area contributed by atoms with Gasteiger partial charge < -0.3 is 23.9 Å². The van der Waals surface area contributed by atoms with Gasteiger partial charge in [0.2, 0.25) is 5.75 Å². The third-order valence-corrected chi connectivity index (χ3v) is 8.24. The van der Waals surface area contributed by atoms with Gasteiger partial charge in [-0.1, -0.05) is 25.4 Å². The van der Waals surface area contributed by atoms with Crippen LogP contribution < -0.4 is 14.2 Å². The molecule has 0 saturated heterocycles. The van der Waals surface area contributed by atoms with Crippen molar-refractivity contribution in [2.75, 3.05) is 47.6 Å². The SMILES string of the molecule is CCN(CC)CCO/N=C1/[C@H]2C[C@H]([C@@H]3CCC[C@@H]32)[C@H]1Cc1cc(OC)c(OC)c(OC)c1. The smallest absolute Gasteiger partial charge is 0.203 e. The van der Waals surface area contributed by atoms with E-state index < -0.39 is 0 Å². The largest absolute Gasteiger partial charge is 0.493 e. The lowest BCUT2D eigenvalue weighted by Crippen LogP contribution is -2.34. The molecule has 3 fully saturated rings. The van der Waals surface area contributed by atoms with Crippen molar-refractivity contribution in [1.82, 2.24) is 4.90 Å². The van der Waals surface area contributed by atoms with E-state index in [-0.39, 0.29) is 0 Å². The summed E-state index contributed by atoms with van der Waals surface area (Å²) in [6.07, 6.45) is 6.34. The zero-order valence-corrected chi connectivity index (χ0v) is 20.4. The van der Waals surface area contributed by atoms with Gasteiger partial charge >= 0.3 is 0 Å². The Kier molecular flexibility index (Phi) is 7.49. The molecule has 0 unspecified atom stereocenters. The molecule has 0 aliphatic heterocycles. The Morgan fingerprint density at radius 3 is 2.25 bits per heavy atom.